The first-order valence-corrected chi connectivity index (χ1v) is 5.97. The van der Waals surface area contributed by atoms with E-state index < -0.39 is 0 Å². The normalized spacial score (nSPS) is 22.4. The van der Waals surface area contributed by atoms with Gasteiger partial charge in [0, 0.05) is 0 Å². The van der Waals surface area contributed by atoms with Gasteiger partial charge in [-0.05, 0) is 50.4 Å². The molecule has 2 heteroatoms. The lowest BCUT2D eigenvalue weighted by Crippen LogP contribution is -2.34. The third kappa shape index (κ3) is 3.04. The van der Waals surface area contributed by atoms with Crippen molar-refractivity contribution in [1.82, 2.24) is 4.90 Å². The average molecular weight is 173 g/mol. The number of piperidine rings is 1. The van der Waals surface area contributed by atoms with Gasteiger partial charge in [0.2, 0.25) is 0 Å². The molecule has 0 radical (unpaired) electrons. The molecule has 1 fully saturated rings. The summed E-state index contributed by atoms with van der Waals surface area (Å²) in [5.74, 6) is 2.38. The molecule has 0 N–H and O–H groups in total. The van der Waals surface area contributed by atoms with Crippen molar-refractivity contribution in [3.8, 4) is 0 Å². The summed E-state index contributed by atoms with van der Waals surface area (Å²) >= 11 is 2.00. The van der Waals surface area contributed by atoms with Crippen LogP contribution in [0.3, 0.4) is 0 Å². The average Bonchev–Trinajstić information content (AvgIpc) is 2.07. The van der Waals surface area contributed by atoms with Crippen LogP contribution in [0.5, 0.6) is 0 Å². The summed E-state index contributed by atoms with van der Waals surface area (Å²) < 4.78 is 0. The predicted octanol–water partition coefficient (Wildman–Crippen LogP) is 2.08. The van der Waals surface area contributed by atoms with Crippen LogP contribution in [0, 0.1) is 5.92 Å². The molecule has 0 saturated carbocycles. The Hall–Kier alpha value is 0.310. The fourth-order valence-electron chi connectivity index (χ4n) is 1.71. The molecule has 0 amide bonds. The highest BCUT2D eigenvalue weighted by Crippen LogP contribution is 2.19. The third-order valence-corrected chi connectivity index (χ3v) is 3.36. The summed E-state index contributed by atoms with van der Waals surface area (Å²) in [6.45, 7) is 6.17. The van der Waals surface area contributed by atoms with Crippen molar-refractivity contribution in [2.75, 3.05) is 31.6 Å². The Kier molecular flexibility index (Phi) is 4.31. The lowest BCUT2D eigenvalue weighted by atomic mass is 9.99. The fraction of sp³-hybridized carbons (Fsp3) is 1.00. The molecule has 11 heavy (non-hydrogen) atoms. The largest absolute Gasteiger partial charge is 0.304 e. The minimum absolute atomic E-state index is 1.01. The van der Waals surface area contributed by atoms with Gasteiger partial charge in [-0.1, -0.05) is 6.92 Å². The second kappa shape index (κ2) is 5.04. The fourth-order valence-corrected chi connectivity index (χ4v) is 2.51. The van der Waals surface area contributed by atoms with Crippen LogP contribution in [-0.2, 0) is 0 Å². The number of rotatable bonds is 3. The van der Waals surface area contributed by atoms with Crippen LogP contribution in [0.4, 0.5) is 0 Å². The van der Waals surface area contributed by atoms with Gasteiger partial charge in [-0.3, -0.25) is 0 Å². The zero-order chi connectivity index (χ0) is 8.10. The van der Waals surface area contributed by atoms with Crippen LogP contribution in [0.15, 0.2) is 0 Å². The van der Waals surface area contributed by atoms with E-state index in [-0.39, 0.29) is 0 Å². The van der Waals surface area contributed by atoms with Gasteiger partial charge in [0.15, 0.2) is 0 Å². The molecular weight excluding hydrogens is 154 g/mol. The van der Waals surface area contributed by atoms with E-state index in [9.17, 15) is 0 Å². The van der Waals surface area contributed by atoms with Crippen molar-refractivity contribution in [2.24, 2.45) is 5.92 Å². The van der Waals surface area contributed by atoms with Gasteiger partial charge in [-0.25, -0.2) is 0 Å². The van der Waals surface area contributed by atoms with E-state index in [1.54, 1.807) is 0 Å². The Balaban J connectivity index is 2.14. The number of thioether (sulfide) groups is 1. The molecular formula is C9H19NS. The van der Waals surface area contributed by atoms with Crippen LogP contribution >= 0.6 is 11.8 Å². The summed E-state index contributed by atoms with van der Waals surface area (Å²) in [5, 5.41) is 0. The van der Waals surface area contributed by atoms with Crippen molar-refractivity contribution in [2.45, 2.75) is 19.8 Å². The first-order chi connectivity index (χ1) is 5.36. The smallest absolute Gasteiger partial charge is 0.00159 e. The van der Waals surface area contributed by atoms with Gasteiger partial charge >= 0.3 is 0 Å². The standard InChI is InChI=1S/C9H19NS/c1-3-10-6-4-9(5-7-10)8-11-2/h9H,3-8H2,1-2H3. The molecule has 1 saturated heterocycles. The summed E-state index contributed by atoms with van der Waals surface area (Å²) in [5.41, 5.74) is 0. The van der Waals surface area contributed by atoms with Gasteiger partial charge in [0.1, 0.15) is 0 Å². The molecule has 0 bridgehead atoms. The SMILES string of the molecule is CCN1CCC(CSC)CC1. The Morgan fingerprint density at radius 2 is 2.00 bits per heavy atom. The zero-order valence-electron chi connectivity index (χ0n) is 7.68. The highest BCUT2D eigenvalue weighted by molar-refractivity contribution is 7.98. The highest BCUT2D eigenvalue weighted by Gasteiger charge is 2.16. The first kappa shape index (κ1) is 9.40. The summed E-state index contributed by atoms with van der Waals surface area (Å²) in [4.78, 5) is 2.55. The molecule has 0 aromatic carbocycles. The van der Waals surface area contributed by atoms with Crippen LogP contribution in [0.1, 0.15) is 19.8 Å². The van der Waals surface area contributed by atoms with Crippen LogP contribution in [0.2, 0.25) is 0 Å². The lowest BCUT2D eigenvalue weighted by molar-refractivity contribution is 0.203. The lowest BCUT2D eigenvalue weighted by Gasteiger charge is -2.30. The van der Waals surface area contributed by atoms with Gasteiger partial charge in [-0.2, -0.15) is 11.8 Å². The van der Waals surface area contributed by atoms with E-state index in [1.165, 1.54) is 38.2 Å². The van der Waals surface area contributed by atoms with Gasteiger partial charge in [0.25, 0.3) is 0 Å². The molecule has 0 unspecified atom stereocenters. The van der Waals surface area contributed by atoms with Crippen molar-refractivity contribution >= 4 is 11.8 Å². The maximum atomic E-state index is 2.55. The monoisotopic (exact) mass is 173 g/mol. The number of hydrogen-bond acceptors (Lipinski definition) is 2. The maximum absolute atomic E-state index is 2.55. The van der Waals surface area contributed by atoms with Crippen LogP contribution < -0.4 is 0 Å². The highest BCUT2D eigenvalue weighted by atomic mass is 32.2. The van der Waals surface area contributed by atoms with Crippen molar-refractivity contribution in [3.63, 3.8) is 0 Å². The van der Waals surface area contributed by atoms with Gasteiger partial charge < -0.3 is 4.90 Å². The summed E-state index contributed by atoms with van der Waals surface area (Å²) in [7, 11) is 0. The molecule has 0 spiro atoms. The topological polar surface area (TPSA) is 3.24 Å². The summed E-state index contributed by atoms with van der Waals surface area (Å²) in [6.07, 6.45) is 5.07. The summed E-state index contributed by atoms with van der Waals surface area (Å²) in [6, 6.07) is 0. The molecule has 1 rings (SSSR count). The zero-order valence-corrected chi connectivity index (χ0v) is 8.49. The van der Waals surface area contributed by atoms with E-state index in [0.717, 1.165) is 5.92 Å². The number of hydrogen-bond donors (Lipinski definition) is 0. The Morgan fingerprint density at radius 3 is 2.45 bits per heavy atom. The quantitative estimate of drug-likeness (QED) is 0.643. The van der Waals surface area contributed by atoms with E-state index >= 15 is 0 Å². The van der Waals surface area contributed by atoms with E-state index in [4.69, 9.17) is 0 Å². The van der Waals surface area contributed by atoms with Crippen LogP contribution in [0.25, 0.3) is 0 Å². The van der Waals surface area contributed by atoms with E-state index in [1.807, 2.05) is 11.8 Å². The minimum Gasteiger partial charge on any atom is -0.304 e. The molecule has 0 atom stereocenters. The molecule has 0 aromatic rings. The predicted molar refractivity (Wildman–Crippen MR) is 53.2 cm³/mol. The Bertz CT molecular complexity index is 97.7. The minimum atomic E-state index is 1.01. The Morgan fingerprint density at radius 1 is 1.36 bits per heavy atom. The van der Waals surface area contributed by atoms with Crippen molar-refractivity contribution in [1.29, 1.82) is 0 Å². The maximum Gasteiger partial charge on any atom is -0.00159 e. The van der Waals surface area contributed by atoms with Gasteiger partial charge in [0.05, 0.1) is 0 Å². The molecule has 1 aliphatic rings. The molecule has 1 heterocycles. The number of likely N-dealkylation sites (tertiary alicyclic amines) is 1. The molecule has 66 valence electrons. The number of nitrogens with zero attached hydrogens (tertiary/aromatic N) is 1. The van der Waals surface area contributed by atoms with E-state index in [2.05, 4.69) is 18.1 Å². The second-order valence-corrected chi connectivity index (χ2v) is 4.24. The Labute approximate surface area is 74.5 Å². The first-order valence-electron chi connectivity index (χ1n) is 4.58. The van der Waals surface area contributed by atoms with Crippen molar-refractivity contribution in [3.05, 3.63) is 0 Å². The molecule has 1 nitrogen and oxygen atoms in total. The molecule has 0 aliphatic carbocycles. The van der Waals surface area contributed by atoms with Crippen LogP contribution in [-0.4, -0.2) is 36.5 Å². The third-order valence-electron chi connectivity index (χ3n) is 2.56. The van der Waals surface area contributed by atoms with E-state index in [0.29, 0.717) is 0 Å². The molecule has 0 aromatic heterocycles. The second-order valence-electron chi connectivity index (χ2n) is 3.33. The van der Waals surface area contributed by atoms with Crippen molar-refractivity contribution < 1.29 is 0 Å². The molecule has 1 aliphatic heterocycles. The van der Waals surface area contributed by atoms with Gasteiger partial charge in [-0.15, -0.1) is 0 Å².